The maximum Gasteiger partial charge on any atom is 0.128 e. The minimum absolute atomic E-state index is 0.131. The fourth-order valence-corrected chi connectivity index (χ4v) is 1.93. The van der Waals surface area contributed by atoms with Crippen LogP contribution in [0.15, 0.2) is 47.6 Å². The largest absolute Gasteiger partial charge is 0.488 e. The van der Waals surface area contributed by atoms with Gasteiger partial charge in [-0.2, -0.15) is 0 Å². The van der Waals surface area contributed by atoms with Crippen molar-refractivity contribution < 1.29 is 14.3 Å². The Kier molecular flexibility index (Phi) is 4.58. The zero-order chi connectivity index (χ0) is 14.5. The van der Waals surface area contributed by atoms with E-state index in [2.05, 4.69) is 5.16 Å². The van der Waals surface area contributed by atoms with Gasteiger partial charge in [-0.25, -0.2) is 4.39 Å². The van der Waals surface area contributed by atoms with Crippen LogP contribution in [-0.2, 0) is 6.61 Å². The summed E-state index contributed by atoms with van der Waals surface area (Å²) in [5.74, 6) is 0.178. The number of nitrogens with zero attached hydrogens (tertiary/aromatic N) is 1. The van der Waals surface area contributed by atoms with E-state index in [0.29, 0.717) is 27.6 Å². The van der Waals surface area contributed by atoms with Gasteiger partial charge in [-0.15, -0.1) is 0 Å². The summed E-state index contributed by atoms with van der Waals surface area (Å²) in [6.07, 6.45) is 0. The molecule has 0 aliphatic carbocycles. The van der Waals surface area contributed by atoms with Crippen molar-refractivity contribution in [3.8, 4) is 5.75 Å². The Morgan fingerprint density at radius 1 is 1.30 bits per heavy atom. The summed E-state index contributed by atoms with van der Waals surface area (Å²) < 4.78 is 18.8. The molecule has 0 saturated heterocycles. The number of benzene rings is 2. The van der Waals surface area contributed by atoms with Crippen LogP contribution >= 0.6 is 11.6 Å². The first-order valence-electron chi connectivity index (χ1n) is 5.96. The van der Waals surface area contributed by atoms with Crippen molar-refractivity contribution >= 4 is 17.3 Å². The van der Waals surface area contributed by atoms with Crippen LogP contribution in [0.5, 0.6) is 5.75 Å². The molecule has 0 atom stereocenters. The van der Waals surface area contributed by atoms with Gasteiger partial charge in [0.25, 0.3) is 0 Å². The molecule has 0 bridgehead atoms. The predicted octanol–water partition coefficient (Wildman–Crippen LogP) is 4.26. The van der Waals surface area contributed by atoms with Crippen molar-refractivity contribution in [1.29, 1.82) is 0 Å². The van der Waals surface area contributed by atoms with Gasteiger partial charge in [0.15, 0.2) is 0 Å². The molecule has 2 rings (SSSR count). The maximum atomic E-state index is 13.2. The van der Waals surface area contributed by atoms with Crippen molar-refractivity contribution in [2.75, 3.05) is 0 Å². The third kappa shape index (κ3) is 3.27. The molecule has 2 aromatic carbocycles. The fraction of sp³-hybridized carbons (Fsp3) is 0.133. The molecule has 0 amide bonds. The number of para-hydroxylation sites is 1. The van der Waals surface area contributed by atoms with E-state index in [1.165, 1.54) is 18.2 Å². The lowest BCUT2D eigenvalue weighted by molar-refractivity contribution is 0.303. The summed E-state index contributed by atoms with van der Waals surface area (Å²) in [5, 5.41) is 12.4. The third-order valence-electron chi connectivity index (χ3n) is 2.82. The SMILES string of the molecule is C/C(=N/O)c1ccccc1OCc1cc(F)ccc1Cl. The lowest BCUT2D eigenvalue weighted by Crippen LogP contribution is -2.03. The minimum Gasteiger partial charge on any atom is -0.488 e. The summed E-state index contributed by atoms with van der Waals surface area (Å²) in [7, 11) is 0. The Balaban J connectivity index is 2.21. The van der Waals surface area contributed by atoms with Crippen molar-refractivity contribution in [2.24, 2.45) is 5.16 Å². The molecule has 3 nitrogen and oxygen atoms in total. The monoisotopic (exact) mass is 293 g/mol. The van der Waals surface area contributed by atoms with E-state index in [1.54, 1.807) is 25.1 Å². The molecule has 0 aliphatic rings. The van der Waals surface area contributed by atoms with Gasteiger partial charge in [0.05, 0.1) is 5.71 Å². The molecule has 104 valence electrons. The summed E-state index contributed by atoms with van der Waals surface area (Å²) in [6, 6.07) is 11.2. The molecular formula is C15H13ClFNO2. The van der Waals surface area contributed by atoms with Crippen LogP contribution in [0, 0.1) is 5.82 Å². The minimum atomic E-state index is -0.366. The molecule has 0 unspecified atom stereocenters. The Morgan fingerprint density at radius 3 is 2.80 bits per heavy atom. The van der Waals surface area contributed by atoms with Crippen LogP contribution < -0.4 is 4.74 Å². The fourth-order valence-electron chi connectivity index (χ4n) is 1.75. The Bertz CT molecular complexity index is 644. The van der Waals surface area contributed by atoms with Crippen LogP contribution in [0.3, 0.4) is 0 Å². The lowest BCUT2D eigenvalue weighted by atomic mass is 10.1. The first-order chi connectivity index (χ1) is 9.61. The van der Waals surface area contributed by atoms with Gasteiger partial charge in [-0.05, 0) is 37.3 Å². The van der Waals surface area contributed by atoms with Gasteiger partial charge in [-0.1, -0.05) is 28.9 Å². The van der Waals surface area contributed by atoms with Gasteiger partial charge in [0.1, 0.15) is 18.2 Å². The molecule has 0 aliphatic heterocycles. The number of rotatable bonds is 4. The van der Waals surface area contributed by atoms with Crippen LogP contribution in [0.2, 0.25) is 5.02 Å². The molecule has 1 N–H and O–H groups in total. The number of halogens is 2. The molecule has 0 saturated carbocycles. The van der Waals surface area contributed by atoms with Crippen LogP contribution in [0.25, 0.3) is 0 Å². The second-order valence-corrected chi connectivity index (χ2v) is 4.61. The smallest absolute Gasteiger partial charge is 0.128 e. The van der Waals surface area contributed by atoms with Gasteiger partial charge < -0.3 is 9.94 Å². The zero-order valence-electron chi connectivity index (χ0n) is 10.8. The van der Waals surface area contributed by atoms with Gasteiger partial charge >= 0.3 is 0 Å². The highest BCUT2D eigenvalue weighted by molar-refractivity contribution is 6.31. The predicted molar refractivity (Wildman–Crippen MR) is 76.2 cm³/mol. The van der Waals surface area contributed by atoms with Gasteiger partial charge in [0.2, 0.25) is 0 Å². The van der Waals surface area contributed by atoms with E-state index in [0.717, 1.165) is 0 Å². The van der Waals surface area contributed by atoms with E-state index < -0.39 is 0 Å². The van der Waals surface area contributed by atoms with E-state index in [1.807, 2.05) is 6.07 Å². The first kappa shape index (κ1) is 14.3. The average Bonchev–Trinajstić information content (AvgIpc) is 2.47. The molecule has 2 aromatic rings. The Labute approximate surface area is 121 Å². The van der Waals surface area contributed by atoms with Crippen LogP contribution in [0.1, 0.15) is 18.1 Å². The molecular weight excluding hydrogens is 281 g/mol. The second kappa shape index (κ2) is 6.39. The number of hydrogen-bond donors (Lipinski definition) is 1. The van der Waals surface area contributed by atoms with Crippen molar-refractivity contribution in [2.45, 2.75) is 13.5 Å². The molecule has 0 radical (unpaired) electrons. The number of hydrogen-bond acceptors (Lipinski definition) is 3. The van der Waals surface area contributed by atoms with Crippen LogP contribution in [0.4, 0.5) is 4.39 Å². The molecule has 0 spiro atoms. The summed E-state index contributed by atoms with van der Waals surface area (Å²) in [5.41, 5.74) is 1.66. The summed E-state index contributed by atoms with van der Waals surface area (Å²) in [6.45, 7) is 1.80. The van der Waals surface area contributed by atoms with Crippen LogP contribution in [-0.4, -0.2) is 10.9 Å². The maximum absolute atomic E-state index is 13.2. The normalized spacial score (nSPS) is 11.4. The lowest BCUT2D eigenvalue weighted by Gasteiger charge is -2.11. The Morgan fingerprint density at radius 2 is 2.05 bits per heavy atom. The summed E-state index contributed by atoms with van der Waals surface area (Å²) in [4.78, 5) is 0. The second-order valence-electron chi connectivity index (χ2n) is 4.21. The van der Waals surface area contributed by atoms with E-state index >= 15 is 0 Å². The molecule has 0 fully saturated rings. The van der Waals surface area contributed by atoms with E-state index in [4.69, 9.17) is 21.5 Å². The average molecular weight is 294 g/mol. The molecule has 0 aromatic heterocycles. The highest BCUT2D eigenvalue weighted by atomic mass is 35.5. The molecule has 5 heteroatoms. The zero-order valence-corrected chi connectivity index (χ0v) is 11.6. The Hall–Kier alpha value is -2.07. The molecule has 20 heavy (non-hydrogen) atoms. The number of oxime groups is 1. The number of ether oxygens (including phenoxy) is 1. The van der Waals surface area contributed by atoms with E-state index in [-0.39, 0.29) is 12.4 Å². The van der Waals surface area contributed by atoms with Crippen molar-refractivity contribution in [1.82, 2.24) is 0 Å². The third-order valence-corrected chi connectivity index (χ3v) is 3.19. The highest BCUT2D eigenvalue weighted by Crippen LogP contribution is 2.23. The van der Waals surface area contributed by atoms with Gasteiger partial charge in [0, 0.05) is 16.1 Å². The van der Waals surface area contributed by atoms with Crippen molar-refractivity contribution in [3.63, 3.8) is 0 Å². The van der Waals surface area contributed by atoms with Crippen molar-refractivity contribution in [3.05, 3.63) is 64.4 Å². The first-order valence-corrected chi connectivity index (χ1v) is 6.34. The quantitative estimate of drug-likeness (QED) is 0.520. The molecule has 0 heterocycles. The van der Waals surface area contributed by atoms with E-state index in [9.17, 15) is 4.39 Å². The summed E-state index contributed by atoms with van der Waals surface area (Å²) >= 11 is 5.98. The highest BCUT2D eigenvalue weighted by Gasteiger charge is 2.08. The van der Waals surface area contributed by atoms with Gasteiger partial charge in [-0.3, -0.25) is 0 Å². The topological polar surface area (TPSA) is 41.8 Å². The standard InChI is InChI=1S/C15H13ClFNO2/c1-10(18-19)13-4-2-3-5-15(13)20-9-11-8-12(17)6-7-14(11)16/h2-8,19H,9H2,1H3/b18-10-.